The van der Waals surface area contributed by atoms with Crippen LogP contribution in [-0.4, -0.2) is 57.5 Å². The molecule has 0 amide bonds. The van der Waals surface area contributed by atoms with Gasteiger partial charge >= 0.3 is 41.5 Å². The first-order chi connectivity index (χ1) is 10.6. The van der Waals surface area contributed by atoms with E-state index < -0.39 is 18.0 Å². The van der Waals surface area contributed by atoms with Crippen LogP contribution in [0.15, 0.2) is 12.5 Å². The quantitative estimate of drug-likeness (QED) is 0.279. The average Bonchev–Trinajstić information content (AvgIpc) is 2.99. The summed E-state index contributed by atoms with van der Waals surface area (Å²) in [6.07, 6.45) is 11.5. The molecular formula is C16H28N3NaO3. The summed E-state index contributed by atoms with van der Waals surface area (Å²) >= 11 is 0. The summed E-state index contributed by atoms with van der Waals surface area (Å²) in [5, 5.41) is 0. The molecule has 0 aromatic carbocycles. The summed E-state index contributed by atoms with van der Waals surface area (Å²) in [6, 6.07) is -0.860. The number of nitrogens with two attached hydrogens (primary N) is 1. The van der Waals surface area contributed by atoms with E-state index in [4.69, 9.17) is 10.5 Å². The van der Waals surface area contributed by atoms with Gasteiger partial charge in [0.05, 0.1) is 12.0 Å². The molecule has 7 heteroatoms. The maximum absolute atomic E-state index is 11.7. The fourth-order valence-electron chi connectivity index (χ4n) is 2.18. The Morgan fingerprint density at radius 3 is 2.48 bits per heavy atom. The van der Waals surface area contributed by atoms with E-state index in [1.807, 2.05) is 0 Å². The SMILES string of the molecule is CCCCCCCCCC(=O)OC(=O)C(N)Cc1c[nH]cn1.[NaH]. The predicted octanol–water partition coefficient (Wildman–Crippen LogP) is 1.84. The number of unbranched alkanes of at least 4 members (excludes halogenated alkanes) is 6. The minimum atomic E-state index is -0.860. The van der Waals surface area contributed by atoms with Crippen molar-refractivity contribution in [1.29, 1.82) is 0 Å². The minimum absolute atomic E-state index is 0. The van der Waals surface area contributed by atoms with Crippen molar-refractivity contribution < 1.29 is 14.3 Å². The molecule has 1 aromatic heterocycles. The van der Waals surface area contributed by atoms with Crippen LogP contribution in [0.4, 0.5) is 0 Å². The summed E-state index contributed by atoms with van der Waals surface area (Å²) in [5.74, 6) is -1.17. The number of rotatable bonds is 11. The molecule has 3 N–H and O–H groups in total. The number of hydrogen-bond acceptors (Lipinski definition) is 5. The zero-order chi connectivity index (χ0) is 16.2. The Hall–Kier alpha value is -0.690. The first kappa shape index (κ1) is 22.3. The van der Waals surface area contributed by atoms with Gasteiger partial charge in [-0.15, -0.1) is 0 Å². The number of H-pyrrole nitrogens is 1. The van der Waals surface area contributed by atoms with Crippen LogP contribution in [0.2, 0.25) is 0 Å². The average molecular weight is 333 g/mol. The van der Waals surface area contributed by atoms with Crippen molar-refractivity contribution in [3.8, 4) is 0 Å². The van der Waals surface area contributed by atoms with Crippen molar-refractivity contribution in [1.82, 2.24) is 9.97 Å². The molecule has 1 rings (SSSR count). The molecule has 0 aliphatic heterocycles. The Kier molecular flexibility index (Phi) is 13.3. The molecule has 0 aliphatic rings. The maximum atomic E-state index is 11.7. The Morgan fingerprint density at radius 1 is 1.22 bits per heavy atom. The molecule has 1 aromatic rings. The van der Waals surface area contributed by atoms with E-state index >= 15 is 0 Å². The van der Waals surface area contributed by atoms with Crippen LogP contribution in [0.5, 0.6) is 0 Å². The van der Waals surface area contributed by atoms with Gasteiger partial charge in [0.25, 0.3) is 0 Å². The second kappa shape index (κ2) is 13.7. The third-order valence-corrected chi connectivity index (χ3v) is 3.49. The molecule has 0 bridgehead atoms. The number of nitrogens with one attached hydrogen (secondary N) is 1. The second-order valence-electron chi connectivity index (χ2n) is 5.54. The van der Waals surface area contributed by atoms with E-state index in [1.165, 1.54) is 32.0 Å². The van der Waals surface area contributed by atoms with Crippen LogP contribution < -0.4 is 5.73 Å². The second-order valence-corrected chi connectivity index (χ2v) is 5.54. The number of carbonyl (C=O) groups is 2. The van der Waals surface area contributed by atoms with Gasteiger partial charge in [0, 0.05) is 19.0 Å². The summed E-state index contributed by atoms with van der Waals surface area (Å²) in [4.78, 5) is 30.0. The van der Waals surface area contributed by atoms with Crippen LogP contribution in [0.3, 0.4) is 0 Å². The molecule has 1 atom stereocenters. The van der Waals surface area contributed by atoms with Gasteiger partial charge in [-0.05, 0) is 6.42 Å². The third kappa shape index (κ3) is 10.7. The molecule has 23 heavy (non-hydrogen) atoms. The van der Waals surface area contributed by atoms with E-state index in [1.54, 1.807) is 6.20 Å². The Bertz CT molecular complexity index is 438. The van der Waals surface area contributed by atoms with Crippen molar-refractivity contribution in [2.45, 2.75) is 70.8 Å². The number of esters is 2. The first-order valence-electron chi connectivity index (χ1n) is 8.11. The third-order valence-electron chi connectivity index (χ3n) is 3.49. The predicted molar refractivity (Wildman–Crippen MR) is 91.1 cm³/mol. The number of aromatic nitrogens is 2. The first-order valence-corrected chi connectivity index (χ1v) is 8.11. The van der Waals surface area contributed by atoms with Crippen LogP contribution in [0, 0.1) is 0 Å². The van der Waals surface area contributed by atoms with Gasteiger partial charge in [-0.3, -0.25) is 4.79 Å². The van der Waals surface area contributed by atoms with Crippen molar-refractivity contribution in [2.24, 2.45) is 5.73 Å². The van der Waals surface area contributed by atoms with Crippen molar-refractivity contribution >= 4 is 41.5 Å². The Labute approximate surface area is 160 Å². The van der Waals surface area contributed by atoms with Crippen LogP contribution in [0.25, 0.3) is 0 Å². The number of hydrogen-bond donors (Lipinski definition) is 2. The van der Waals surface area contributed by atoms with Gasteiger partial charge in [0.2, 0.25) is 0 Å². The summed E-state index contributed by atoms with van der Waals surface area (Å²) in [5.41, 5.74) is 6.37. The number of carbonyl (C=O) groups excluding carboxylic acids is 2. The van der Waals surface area contributed by atoms with Crippen LogP contribution in [-0.2, 0) is 20.7 Å². The van der Waals surface area contributed by atoms with Gasteiger partial charge in [-0.2, -0.15) is 0 Å². The molecule has 0 spiro atoms. The van der Waals surface area contributed by atoms with Crippen LogP contribution in [0.1, 0.15) is 64.0 Å². The van der Waals surface area contributed by atoms with E-state index in [-0.39, 0.29) is 42.4 Å². The molecule has 0 radical (unpaired) electrons. The number of ether oxygens (including phenoxy) is 1. The molecule has 0 saturated heterocycles. The van der Waals surface area contributed by atoms with E-state index in [0.29, 0.717) is 5.69 Å². The molecule has 126 valence electrons. The van der Waals surface area contributed by atoms with Gasteiger partial charge < -0.3 is 15.5 Å². The molecule has 1 unspecified atom stereocenters. The van der Waals surface area contributed by atoms with Crippen molar-refractivity contribution in [2.75, 3.05) is 0 Å². The topological polar surface area (TPSA) is 98.1 Å². The van der Waals surface area contributed by atoms with Crippen LogP contribution >= 0.6 is 0 Å². The molecule has 1 heterocycles. The zero-order valence-electron chi connectivity index (χ0n) is 13.3. The molecule has 6 nitrogen and oxygen atoms in total. The normalized spacial score (nSPS) is 11.6. The Balaban J connectivity index is 0.00000484. The van der Waals surface area contributed by atoms with Gasteiger partial charge in [-0.1, -0.05) is 45.4 Å². The van der Waals surface area contributed by atoms with Crippen molar-refractivity contribution in [3.05, 3.63) is 18.2 Å². The Morgan fingerprint density at radius 2 is 1.87 bits per heavy atom. The van der Waals surface area contributed by atoms with E-state index in [2.05, 4.69) is 16.9 Å². The molecular weight excluding hydrogens is 305 g/mol. The number of nitrogens with zero attached hydrogens (tertiary/aromatic N) is 1. The number of aromatic amines is 1. The molecule has 0 fully saturated rings. The summed E-state index contributed by atoms with van der Waals surface area (Å²) in [6.45, 7) is 2.18. The van der Waals surface area contributed by atoms with E-state index in [9.17, 15) is 9.59 Å². The van der Waals surface area contributed by atoms with Gasteiger partial charge in [0.15, 0.2) is 0 Å². The molecule has 0 saturated carbocycles. The monoisotopic (exact) mass is 333 g/mol. The van der Waals surface area contributed by atoms with Crippen molar-refractivity contribution in [3.63, 3.8) is 0 Å². The van der Waals surface area contributed by atoms with Gasteiger partial charge in [-0.25, -0.2) is 9.78 Å². The zero-order valence-corrected chi connectivity index (χ0v) is 13.3. The summed E-state index contributed by atoms with van der Waals surface area (Å²) < 4.78 is 4.77. The standard InChI is InChI=1S/C16H27N3O3.Na.H/c1-2-3-4-5-6-7-8-9-15(20)22-16(21)14(17)10-13-11-18-12-19-13;;/h11-12,14H,2-10,17H2,1H3,(H,18,19);;. The fourth-order valence-corrected chi connectivity index (χ4v) is 2.18. The van der Waals surface area contributed by atoms with E-state index in [0.717, 1.165) is 19.3 Å². The summed E-state index contributed by atoms with van der Waals surface area (Å²) in [7, 11) is 0. The number of imidazole rings is 1. The fraction of sp³-hybridized carbons (Fsp3) is 0.688. The molecule has 0 aliphatic carbocycles. The van der Waals surface area contributed by atoms with Gasteiger partial charge in [0.1, 0.15) is 6.04 Å².